The van der Waals surface area contributed by atoms with Crippen LogP contribution in [-0.4, -0.2) is 31.9 Å². The van der Waals surface area contributed by atoms with E-state index < -0.39 is 15.8 Å². The van der Waals surface area contributed by atoms with Crippen molar-refractivity contribution < 1.29 is 17.5 Å². The van der Waals surface area contributed by atoms with Gasteiger partial charge in [-0.25, -0.2) is 17.5 Å². The Labute approximate surface area is 132 Å². The predicted octanol–water partition coefficient (Wildman–Crippen LogP) is 2.28. The minimum Gasteiger partial charge on any atom is -0.477 e. The highest BCUT2D eigenvalue weighted by molar-refractivity contribution is 7.92. The standard InChI is InChI=1S/C13H13ClFN3O3S/c1-17(9-3-4-11(15)10(14)7-9)22(19,20)12-8-16-18-5-2-6-21-13(12)18/h3-4,7-8H,2,5-6H2,1H3. The van der Waals surface area contributed by atoms with Crippen molar-refractivity contribution in [2.45, 2.75) is 17.9 Å². The van der Waals surface area contributed by atoms with E-state index in [1.54, 1.807) is 0 Å². The second-order valence-corrected chi connectivity index (χ2v) is 7.15. The number of halogens is 2. The minimum absolute atomic E-state index is 0.0184. The molecule has 1 aromatic heterocycles. The summed E-state index contributed by atoms with van der Waals surface area (Å²) in [6, 6.07) is 3.72. The summed E-state index contributed by atoms with van der Waals surface area (Å²) in [6.45, 7) is 1.05. The largest absolute Gasteiger partial charge is 0.477 e. The first-order valence-corrected chi connectivity index (χ1v) is 8.35. The Bertz CT molecular complexity index is 822. The molecule has 0 N–H and O–H groups in total. The van der Waals surface area contributed by atoms with Crippen molar-refractivity contribution in [2.24, 2.45) is 0 Å². The zero-order valence-corrected chi connectivity index (χ0v) is 13.2. The fourth-order valence-corrected chi connectivity index (χ4v) is 3.62. The van der Waals surface area contributed by atoms with Crippen molar-refractivity contribution in [3.05, 3.63) is 35.2 Å². The molecule has 0 spiro atoms. The highest BCUT2D eigenvalue weighted by atomic mass is 35.5. The first-order valence-electron chi connectivity index (χ1n) is 6.54. The lowest BCUT2D eigenvalue weighted by atomic mass is 10.3. The maximum absolute atomic E-state index is 13.2. The van der Waals surface area contributed by atoms with Crippen molar-refractivity contribution in [1.29, 1.82) is 0 Å². The summed E-state index contributed by atoms with van der Waals surface area (Å²) in [5, 5.41) is 3.88. The number of hydrogen-bond acceptors (Lipinski definition) is 4. The number of benzene rings is 1. The van der Waals surface area contributed by atoms with Crippen LogP contribution in [0, 0.1) is 5.82 Å². The average Bonchev–Trinajstić information content (AvgIpc) is 2.94. The van der Waals surface area contributed by atoms with Gasteiger partial charge in [-0.3, -0.25) is 4.31 Å². The van der Waals surface area contributed by atoms with E-state index in [-0.39, 0.29) is 21.5 Å². The van der Waals surface area contributed by atoms with E-state index in [1.165, 1.54) is 30.1 Å². The van der Waals surface area contributed by atoms with Crippen molar-refractivity contribution in [1.82, 2.24) is 9.78 Å². The molecule has 0 aliphatic carbocycles. The molecule has 0 amide bonds. The topological polar surface area (TPSA) is 64.4 Å². The maximum atomic E-state index is 13.2. The molecule has 2 heterocycles. The predicted molar refractivity (Wildman–Crippen MR) is 79.3 cm³/mol. The summed E-state index contributed by atoms with van der Waals surface area (Å²) in [5.74, 6) is -0.381. The Hall–Kier alpha value is -1.80. The number of fused-ring (bicyclic) bond motifs is 1. The Morgan fingerprint density at radius 1 is 1.45 bits per heavy atom. The van der Waals surface area contributed by atoms with Gasteiger partial charge in [0, 0.05) is 20.0 Å². The Morgan fingerprint density at radius 2 is 2.23 bits per heavy atom. The highest BCUT2D eigenvalue weighted by Gasteiger charge is 2.30. The van der Waals surface area contributed by atoms with Crippen LogP contribution in [0.3, 0.4) is 0 Å². The minimum atomic E-state index is -3.88. The van der Waals surface area contributed by atoms with E-state index in [9.17, 15) is 12.8 Å². The Morgan fingerprint density at radius 3 is 2.95 bits per heavy atom. The normalized spacial score (nSPS) is 14.3. The van der Waals surface area contributed by atoms with Crippen molar-refractivity contribution in [2.75, 3.05) is 18.0 Å². The number of rotatable bonds is 3. The fraction of sp³-hybridized carbons (Fsp3) is 0.308. The summed E-state index contributed by atoms with van der Waals surface area (Å²) in [5.41, 5.74) is 0.252. The maximum Gasteiger partial charge on any atom is 0.271 e. The number of nitrogens with zero attached hydrogens (tertiary/aromatic N) is 3. The Kier molecular flexibility index (Phi) is 3.73. The van der Waals surface area contributed by atoms with Crippen molar-refractivity contribution in [3.63, 3.8) is 0 Å². The van der Waals surface area contributed by atoms with Crippen molar-refractivity contribution in [3.8, 4) is 5.88 Å². The third kappa shape index (κ3) is 2.42. The molecule has 1 aliphatic rings. The number of aromatic nitrogens is 2. The molecule has 6 nitrogen and oxygen atoms in total. The van der Waals surface area contributed by atoms with E-state index in [0.29, 0.717) is 13.2 Å². The van der Waals surface area contributed by atoms with Gasteiger partial charge in [-0.2, -0.15) is 5.10 Å². The summed E-state index contributed by atoms with van der Waals surface area (Å²) in [6.07, 6.45) is 2.04. The second-order valence-electron chi connectivity index (χ2n) is 4.81. The molecule has 0 radical (unpaired) electrons. The van der Waals surface area contributed by atoms with Crippen LogP contribution in [0.4, 0.5) is 10.1 Å². The van der Waals surface area contributed by atoms with Gasteiger partial charge in [0.15, 0.2) is 4.90 Å². The number of sulfonamides is 1. The summed E-state index contributed by atoms with van der Waals surface area (Å²) in [7, 11) is -2.51. The van der Waals surface area contributed by atoms with Crippen LogP contribution in [0.25, 0.3) is 0 Å². The van der Waals surface area contributed by atoms with Crippen LogP contribution >= 0.6 is 11.6 Å². The van der Waals surface area contributed by atoms with E-state index in [0.717, 1.165) is 16.8 Å². The molecule has 2 aromatic rings. The van der Waals surface area contributed by atoms with Gasteiger partial charge in [0.05, 0.1) is 23.5 Å². The van der Waals surface area contributed by atoms with Gasteiger partial charge in [0.2, 0.25) is 5.88 Å². The molecule has 1 aliphatic heterocycles. The molecule has 0 unspecified atom stereocenters. The van der Waals surface area contributed by atoms with E-state index in [1.807, 2.05) is 0 Å². The zero-order chi connectivity index (χ0) is 15.9. The lowest BCUT2D eigenvalue weighted by molar-refractivity contribution is 0.224. The van der Waals surface area contributed by atoms with Crippen LogP contribution in [0.2, 0.25) is 5.02 Å². The summed E-state index contributed by atoms with van der Waals surface area (Å²) >= 11 is 5.71. The first kappa shape index (κ1) is 15.1. The lowest BCUT2D eigenvalue weighted by Crippen LogP contribution is -2.27. The van der Waals surface area contributed by atoms with Crippen LogP contribution < -0.4 is 9.04 Å². The summed E-state index contributed by atoms with van der Waals surface area (Å²) < 4.78 is 46.6. The molecule has 0 bridgehead atoms. The van der Waals surface area contributed by atoms with E-state index in [2.05, 4.69) is 5.10 Å². The van der Waals surface area contributed by atoms with Gasteiger partial charge in [-0.15, -0.1) is 0 Å². The molecule has 3 rings (SSSR count). The molecule has 0 saturated carbocycles. The zero-order valence-electron chi connectivity index (χ0n) is 11.7. The monoisotopic (exact) mass is 345 g/mol. The van der Waals surface area contributed by atoms with E-state index in [4.69, 9.17) is 16.3 Å². The van der Waals surface area contributed by atoms with Gasteiger partial charge >= 0.3 is 0 Å². The van der Waals surface area contributed by atoms with Crippen LogP contribution in [-0.2, 0) is 16.6 Å². The second kappa shape index (κ2) is 5.44. The molecular weight excluding hydrogens is 333 g/mol. The molecule has 0 saturated heterocycles. The molecule has 118 valence electrons. The van der Waals surface area contributed by atoms with Gasteiger partial charge in [-0.1, -0.05) is 11.6 Å². The third-order valence-electron chi connectivity index (χ3n) is 3.42. The lowest BCUT2D eigenvalue weighted by Gasteiger charge is -2.21. The third-order valence-corrected chi connectivity index (χ3v) is 5.48. The van der Waals surface area contributed by atoms with E-state index >= 15 is 0 Å². The van der Waals surface area contributed by atoms with Crippen LogP contribution in [0.1, 0.15) is 6.42 Å². The Balaban J connectivity index is 2.02. The van der Waals surface area contributed by atoms with Gasteiger partial charge in [0.25, 0.3) is 10.0 Å². The SMILES string of the molecule is CN(c1ccc(F)c(Cl)c1)S(=O)(=O)c1cnn2c1OCCC2. The smallest absolute Gasteiger partial charge is 0.271 e. The quantitative estimate of drug-likeness (QED) is 0.856. The molecule has 9 heteroatoms. The van der Waals surface area contributed by atoms with Gasteiger partial charge in [0.1, 0.15) is 5.82 Å². The number of hydrogen-bond donors (Lipinski definition) is 0. The molecule has 22 heavy (non-hydrogen) atoms. The number of ether oxygens (including phenoxy) is 1. The van der Waals surface area contributed by atoms with Crippen LogP contribution in [0.5, 0.6) is 5.88 Å². The van der Waals surface area contributed by atoms with Gasteiger partial charge in [-0.05, 0) is 18.2 Å². The average molecular weight is 346 g/mol. The first-order chi connectivity index (χ1) is 10.4. The molecule has 0 atom stereocenters. The fourth-order valence-electron chi connectivity index (χ4n) is 2.19. The number of anilines is 1. The molecular formula is C13H13ClFN3O3S. The van der Waals surface area contributed by atoms with Crippen LogP contribution in [0.15, 0.2) is 29.3 Å². The molecule has 1 aromatic carbocycles. The summed E-state index contributed by atoms with van der Waals surface area (Å²) in [4.78, 5) is -0.0184. The highest BCUT2D eigenvalue weighted by Crippen LogP contribution is 2.32. The number of aryl methyl sites for hydroxylation is 1. The molecule has 0 fully saturated rings. The van der Waals surface area contributed by atoms with Crippen molar-refractivity contribution >= 4 is 27.3 Å². The van der Waals surface area contributed by atoms with Gasteiger partial charge < -0.3 is 4.74 Å².